The first-order chi connectivity index (χ1) is 9.72. The molecule has 0 aromatic heterocycles. The number of halogens is 1. The van der Waals surface area contributed by atoms with Crippen LogP contribution in [0.3, 0.4) is 0 Å². The van der Waals surface area contributed by atoms with Crippen LogP contribution in [0.1, 0.15) is 26.2 Å². The Hall–Kier alpha value is -0.850. The van der Waals surface area contributed by atoms with Gasteiger partial charge in [-0.1, -0.05) is 6.92 Å². The normalized spacial score (nSPS) is 22.9. The largest absolute Gasteiger partial charge is 0.372 e. The molecule has 0 spiro atoms. The van der Waals surface area contributed by atoms with Crippen LogP contribution in [-0.2, 0) is 14.3 Å². The molecule has 2 fully saturated rings. The van der Waals surface area contributed by atoms with Crippen molar-refractivity contribution in [2.75, 3.05) is 45.9 Å². The van der Waals surface area contributed by atoms with Crippen LogP contribution in [-0.4, -0.2) is 73.6 Å². The molecule has 0 saturated carbocycles. The highest BCUT2D eigenvalue weighted by molar-refractivity contribution is 5.85. The van der Waals surface area contributed by atoms with Crippen molar-refractivity contribution < 1.29 is 14.3 Å². The molecule has 0 aromatic rings. The molecule has 2 amide bonds. The Morgan fingerprint density at radius 1 is 1.43 bits per heavy atom. The highest BCUT2D eigenvalue weighted by Crippen LogP contribution is 2.17. The van der Waals surface area contributed by atoms with Gasteiger partial charge in [-0.15, -0.1) is 12.4 Å². The fourth-order valence-corrected chi connectivity index (χ4v) is 2.84. The predicted octanol–water partition coefficient (Wildman–Crippen LogP) is 0.258. The van der Waals surface area contributed by atoms with Crippen LogP contribution in [0, 0.1) is 0 Å². The lowest BCUT2D eigenvalue weighted by Gasteiger charge is -2.41. The van der Waals surface area contributed by atoms with E-state index in [0.29, 0.717) is 19.7 Å². The van der Waals surface area contributed by atoms with Crippen LogP contribution in [0.25, 0.3) is 0 Å². The van der Waals surface area contributed by atoms with E-state index in [9.17, 15) is 9.59 Å². The molecule has 1 N–H and O–H groups in total. The van der Waals surface area contributed by atoms with Crippen molar-refractivity contribution in [1.82, 2.24) is 15.1 Å². The van der Waals surface area contributed by atoms with E-state index < -0.39 is 0 Å². The molecule has 2 heterocycles. The summed E-state index contributed by atoms with van der Waals surface area (Å²) in [5, 5.41) is 3.08. The van der Waals surface area contributed by atoms with Crippen LogP contribution >= 0.6 is 12.4 Å². The Kier molecular flexibility index (Phi) is 8.00. The Morgan fingerprint density at radius 3 is 2.95 bits per heavy atom. The van der Waals surface area contributed by atoms with Crippen LogP contribution in [0.5, 0.6) is 0 Å². The minimum absolute atomic E-state index is 0. The van der Waals surface area contributed by atoms with Crippen molar-refractivity contribution in [3.05, 3.63) is 0 Å². The summed E-state index contributed by atoms with van der Waals surface area (Å²) in [6.07, 6.45) is 2.87. The molecule has 1 atom stereocenters. The van der Waals surface area contributed by atoms with E-state index in [0.717, 1.165) is 38.9 Å². The number of nitrogens with one attached hydrogen (secondary N) is 1. The molecular weight excluding hydrogens is 294 g/mol. The topological polar surface area (TPSA) is 61.9 Å². The zero-order valence-electron chi connectivity index (χ0n) is 12.7. The van der Waals surface area contributed by atoms with Crippen LogP contribution in [0.15, 0.2) is 0 Å². The van der Waals surface area contributed by atoms with Crippen molar-refractivity contribution in [3.63, 3.8) is 0 Å². The summed E-state index contributed by atoms with van der Waals surface area (Å²) in [5.41, 5.74) is 0. The number of piperidine rings is 1. The molecule has 1 unspecified atom stereocenters. The third-order valence-corrected chi connectivity index (χ3v) is 3.89. The number of rotatable bonds is 5. The molecular formula is C14H26ClN3O3. The van der Waals surface area contributed by atoms with Crippen LogP contribution < -0.4 is 5.32 Å². The molecule has 0 bridgehead atoms. The number of piperazine rings is 1. The second-order valence-electron chi connectivity index (χ2n) is 5.45. The standard InChI is InChI=1S/C14H25N3O3.ClH/c1-2-8-20-11-14(19)16-6-3-4-12(10-16)17-7-5-15-9-13(17)18;/h12,15H,2-11H2,1H3;1H. The van der Waals surface area contributed by atoms with E-state index in [-0.39, 0.29) is 36.9 Å². The molecule has 6 nitrogen and oxygen atoms in total. The molecule has 0 aliphatic carbocycles. The average molecular weight is 320 g/mol. The van der Waals surface area contributed by atoms with Crippen molar-refractivity contribution in [2.24, 2.45) is 0 Å². The molecule has 2 aliphatic rings. The minimum atomic E-state index is 0. The van der Waals surface area contributed by atoms with E-state index in [1.807, 2.05) is 16.7 Å². The van der Waals surface area contributed by atoms with Gasteiger partial charge in [-0.05, 0) is 19.3 Å². The number of amides is 2. The summed E-state index contributed by atoms with van der Waals surface area (Å²) < 4.78 is 5.32. The third kappa shape index (κ3) is 5.13. The lowest BCUT2D eigenvalue weighted by molar-refractivity contribution is -0.143. The first-order valence-electron chi connectivity index (χ1n) is 7.58. The monoisotopic (exact) mass is 319 g/mol. The quantitative estimate of drug-likeness (QED) is 0.738. The molecule has 2 saturated heterocycles. The SMILES string of the molecule is CCCOCC(=O)N1CCCC(N2CCNCC2=O)C1.Cl. The summed E-state index contributed by atoms with van der Waals surface area (Å²) in [7, 11) is 0. The zero-order chi connectivity index (χ0) is 14.4. The maximum Gasteiger partial charge on any atom is 0.248 e. The maximum absolute atomic E-state index is 12.1. The Labute approximate surface area is 132 Å². The number of carbonyl (C=O) groups excluding carboxylic acids is 2. The Balaban J connectivity index is 0.00000220. The molecule has 0 radical (unpaired) electrons. The van der Waals surface area contributed by atoms with E-state index in [2.05, 4.69) is 5.32 Å². The zero-order valence-corrected chi connectivity index (χ0v) is 13.5. The lowest BCUT2D eigenvalue weighted by atomic mass is 10.0. The first-order valence-corrected chi connectivity index (χ1v) is 7.58. The van der Waals surface area contributed by atoms with Gasteiger partial charge in [0.15, 0.2) is 0 Å². The van der Waals surface area contributed by atoms with E-state index in [4.69, 9.17) is 4.74 Å². The highest BCUT2D eigenvalue weighted by atomic mass is 35.5. The molecule has 0 aromatic carbocycles. The fraction of sp³-hybridized carbons (Fsp3) is 0.857. The number of carbonyl (C=O) groups is 2. The van der Waals surface area contributed by atoms with Gasteiger partial charge in [-0.3, -0.25) is 9.59 Å². The number of ether oxygens (including phenoxy) is 1. The van der Waals surface area contributed by atoms with Crippen molar-refractivity contribution >= 4 is 24.2 Å². The van der Waals surface area contributed by atoms with Gasteiger partial charge < -0.3 is 19.9 Å². The summed E-state index contributed by atoms with van der Waals surface area (Å²) in [5.74, 6) is 0.198. The van der Waals surface area contributed by atoms with Gasteiger partial charge in [0.25, 0.3) is 0 Å². The Bertz CT molecular complexity index is 354. The Morgan fingerprint density at radius 2 is 2.24 bits per heavy atom. The summed E-state index contributed by atoms with van der Waals surface area (Å²) in [6.45, 7) is 6.26. The van der Waals surface area contributed by atoms with E-state index >= 15 is 0 Å². The van der Waals surface area contributed by atoms with Gasteiger partial charge >= 0.3 is 0 Å². The van der Waals surface area contributed by atoms with Gasteiger partial charge in [-0.25, -0.2) is 0 Å². The fourth-order valence-electron chi connectivity index (χ4n) is 2.84. The number of hydrogen-bond acceptors (Lipinski definition) is 4. The van der Waals surface area contributed by atoms with Crippen molar-refractivity contribution in [2.45, 2.75) is 32.2 Å². The van der Waals surface area contributed by atoms with Gasteiger partial charge in [0.1, 0.15) is 6.61 Å². The third-order valence-electron chi connectivity index (χ3n) is 3.89. The van der Waals surface area contributed by atoms with Crippen molar-refractivity contribution in [3.8, 4) is 0 Å². The van der Waals surface area contributed by atoms with Crippen LogP contribution in [0.2, 0.25) is 0 Å². The molecule has 21 heavy (non-hydrogen) atoms. The van der Waals surface area contributed by atoms with Gasteiger partial charge in [-0.2, -0.15) is 0 Å². The minimum Gasteiger partial charge on any atom is -0.372 e. The smallest absolute Gasteiger partial charge is 0.248 e. The molecule has 7 heteroatoms. The molecule has 2 rings (SSSR count). The number of hydrogen-bond donors (Lipinski definition) is 1. The maximum atomic E-state index is 12.1. The predicted molar refractivity (Wildman–Crippen MR) is 82.5 cm³/mol. The van der Waals surface area contributed by atoms with Crippen LogP contribution in [0.4, 0.5) is 0 Å². The lowest BCUT2D eigenvalue weighted by Crippen LogP contribution is -2.57. The molecule has 2 aliphatic heterocycles. The molecule has 122 valence electrons. The average Bonchev–Trinajstić information content (AvgIpc) is 2.48. The van der Waals surface area contributed by atoms with E-state index in [1.54, 1.807) is 0 Å². The van der Waals surface area contributed by atoms with Gasteiger partial charge in [0, 0.05) is 38.8 Å². The first kappa shape index (κ1) is 18.2. The van der Waals surface area contributed by atoms with E-state index in [1.165, 1.54) is 0 Å². The number of nitrogens with zero attached hydrogens (tertiary/aromatic N) is 2. The summed E-state index contributed by atoms with van der Waals surface area (Å²) in [6, 6.07) is 0.175. The summed E-state index contributed by atoms with van der Waals surface area (Å²) in [4.78, 5) is 27.8. The van der Waals surface area contributed by atoms with Gasteiger partial charge in [0.05, 0.1) is 6.54 Å². The second-order valence-corrected chi connectivity index (χ2v) is 5.45. The van der Waals surface area contributed by atoms with Crippen molar-refractivity contribution in [1.29, 1.82) is 0 Å². The summed E-state index contributed by atoms with van der Waals surface area (Å²) >= 11 is 0. The highest BCUT2D eigenvalue weighted by Gasteiger charge is 2.31. The number of likely N-dealkylation sites (tertiary alicyclic amines) is 1. The second kappa shape index (κ2) is 9.23. The van der Waals surface area contributed by atoms with Gasteiger partial charge in [0.2, 0.25) is 11.8 Å².